The number of fused-ring (bicyclic) bond motifs is 1. The van der Waals surface area contributed by atoms with Crippen LogP contribution in [0.25, 0.3) is 11.0 Å². The van der Waals surface area contributed by atoms with Crippen LogP contribution >= 0.6 is 0 Å². The number of carbonyl (C=O) groups is 2. The summed E-state index contributed by atoms with van der Waals surface area (Å²) in [6.45, 7) is 1.71. The zero-order valence-corrected chi connectivity index (χ0v) is 12.0. The number of aliphatic carboxylic acids is 1. The quantitative estimate of drug-likeness (QED) is 0.810. The molecule has 1 atom stereocenters. The highest BCUT2D eigenvalue weighted by molar-refractivity contribution is 5.99. The second kappa shape index (κ2) is 5.88. The predicted molar refractivity (Wildman–Crippen MR) is 74.0 cm³/mol. The number of carboxylic acid groups (broad SMARTS) is 1. The van der Waals surface area contributed by atoms with E-state index >= 15 is 0 Å². The summed E-state index contributed by atoms with van der Waals surface area (Å²) in [6, 6.07) is 0.541. The number of aryl methyl sites for hydroxylation is 2. The number of nitrogens with one attached hydrogen (secondary N) is 1. The molecule has 0 aromatic carbocycles. The fourth-order valence-corrected chi connectivity index (χ4v) is 2.02. The minimum absolute atomic E-state index is 0.108. The maximum absolute atomic E-state index is 12.1. The van der Waals surface area contributed by atoms with Crippen molar-refractivity contribution in [3.8, 4) is 0 Å². The molecule has 2 heterocycles. The number of methoxy groups -OCH3 is 1. The SMILES string of the molecule is COCC(NC(=O)c1cnc2c(c1)c(C)nn2C)C(=O)O. The molecule has 0 aliphatic carbocycles. The molecule has 2 aromatic heterocycles. The minimum atomic E-state index is -1.16. The topological polar surface area (TPSA) is 106 Å². The molecule has 8 nitrogen and oxygen atoms in total. The van der Waals surface area contributed by atoms with Crippen molar-refractivity contribution in [2.75, 3.05) is 13.7 Å². The number of nitrogens with zero attached hydrogens (tertiary/aromatic N) is 3. The Bertz CT molecular complexity index is 695. The van der Waals surface area contributed by atoms with Gasteiger partial charge in [0.05, 0.1) is 17.9 Å². The molecule has 2 rings (SSSR count). The second-order valence-corrected chi connectivity index (χ2v) is 4.62. The molecule has 112 valence electrons. The molecule has 0 aliphatic rings. The van der Waals surface area contributed by atoms with E-state index in [1.54, 1.807) is 17.8 Å². The van der Waals surface area contributed by atoms with Crippen LogP contribution < -0.4 is 5.32 Å². The smallest absolute Gasteiger partial charge is 0.328 e. The summed E-state index contributed by atoms with van der Waals surface area (Å²) in [5.41, 5.74) is 1.69. The second-order valence-electron chi connectivity index (χ2n) is 4.62. The van der Waals surface area contributed by atoms with Crippen molar-refractivity contribution in [1.82, 2.24) is 20.1 Å². The van der Waals surface area contributed by atoms with Gasteiger partial charge in [-0.3, -0.25) is 9.48 Å². The van der Waals surface area contributed by atoms with Gasteiger partial charge in [-0.1, -0.05) is 0 Å². The number of ether oxygens (including phenoxy) is 1. The highest BCUT2D eigenvalue weighted by atomic mass is 16.5. The summed E-state index contributed by atoms with van der Waals surface area (Å²) in [5, 5.41) is 16.4. The first-order valence-corrected chi connectivity index (χ1v) is 6.26. The number of hydrogen-bond acceptors (Lipinski definition) is 5. The average molecular weight is 292 g/mol. The lowest BCUT2D eigenvalue weighted by Gasteiger charge is -2.13. The van der Waals surface area contributed by atoms with Crippen LogP contribution in [0.2, 0.25) is 0 Å². The van der Waals surface area contributed by atoms with Crippen molar-refractivity contribution >= 4 is 22.9 Å². The highest BCUT2D eigenvalue weighted by Crippen LogP contribution is 2.16. The summed E-state index contributed by atoms with van der Waals surface area (Å²) < 4.78 is 6.39. The maximum atomic E-state index is 12.1. The molecule has 0 saturated heterocycles. The third-order valence-electron chi connectivity index (χ3n) is 3.06. The van der Waals surface area contributed by atoms with Gasteiger partial charge in [0.1, 0.15) is 0 Å². The molecular formula is C13H16N4O4. The van der Waals surface area contributed by atoms with Crippen LogP contribution in [0, 0.1) is 6.92 Å². The lowest BCUT2D eigenvalue weighted by molar-refractivity contribution is -0.140. The Morgan fingerprint density at radius 1 is 1.52 bits per heavy atom. The van der Waals surface area contributed by atoms with Gasteiger partial charge in [-0.05, 0) is 13.0 Å². The van der Waals surface area contributed by atoms with E-state index in [9.17, 15) is 9.59 Å². The van der Waals surface area contributed by atoms with E-state index in [0.717, 1.165) is 11.1 Å². The van der Waals surface area contributed by atoms with E-state index in [1.165, 1.54) is 13.3 Å². The van der Waals surface area contributed by atoms with Gasteiger partial charge in [-0.15, -0.1) is 0 Å². The van der Waals surface area contributed by atoms with Gasteiger partial charge in [-0.25, -0.2) is 9.78 Å². The summed E-state index contributed by atoms with van der Waals surface area (Å²) in [6.07, 6.45) is 1.39. The number of aromatic nitrogens is 3. The Hall–Kier alpha value is -2.48. The number of hydrogen-bond donors (Lipinski definition) is 2. The standard InChI is InChI=1S/C13H16N4O4/c1-7-9-4-8(5-14-11(9)17(2)16-7)12(18)15-10(6-21-3)13(19)20/h4-5,10H,6H2,1-3H3,(H,15,18)(H,19,20). The molecule has 2 N–H and O–H groups in total. The Balaban J connectivity index is 2.27. The van der Waals surface area contributed by atoms with Crippen molar-refractivity contribution < 1.29 is 19.4 Å². The van der Waals surface area contributed by atoms with Crippen molar-refractivity contribution in [3.63, 3.8) is 0 Å². The fraction of sp³-hybridized carbons (Fsp3) is 0.385. The van der Waals surface area contributed by atoms with Crippen LogP contribution in [0.3, 0.4) is 0 Å². The van der Waals surface area contributed by atoms with Crippen LogP contribution in [0.1, 0.15) is 16.1 Å². The normalized spacial score (nSPS) is 12.3. The first-order chi connectivity index (χ1) is 9.93. The molecule has 0 saturated carbocycles. The van der Waals surface area contributed by atoms with Gasteiger partial charge in [-0.2, -0.15) is 5.10 Å². The third-order valence-corrected chi connectivity index (χ3v) is 3.06. The monoisotopic (exact) mass is 292 g/mol. The minimum Gasteiger partial charge on any atom is -0.480 e. The molecule has 8 heteroatoms. The average Bonchev–Trinajstić information content (AvgIpc) is 2.73. The summed E-state index contributed by atoms with van der Waals surface area (Å²) >= 11 is 0. The summed E-state index contributed by atoms with van der Waals surface area (Å²) in [4.78, 5) is 27.3. The third kappa shape index (κ3) is 3.00. The molecule has 1 unspecified atom stereocenters. The summed E-state index contributed by atoms with van der Waals surface area (Å²) in [7, 11) is 3.13. The zero-order chi connectivity index (χ0) is 15.6. The molecule has 2 aromatic rings. The number of pyridine rings is 1. The Kier molecular flexibility index (Phi) is 4.18. The van der Waals surface area contributed by atoms with E-state index in [-0.39, 0.29) is 12.2 Å². The van der Waals surface area contributed by atoms with Gasteiger partial charge in [0, 0.05) is 25.7 Å². The molecule has 0 aliphatic heterocycles. The van der Waals surface area contributed by atoms with E-state index in [0.29, 0.717) is 5.65 Å². The van der Waals surface area contributed by atoms with Crippen LogP contribution in [0.4, 0.5) is 0 Å². The predicted octanol–water partition coefficient (Wildman–Crippen LogP) is 0.106. The van der Waals surface area contributed by atoms with Crippen LogP contribution in [-0.4, -0.2) is 51.5 Å². The van der Waals surface area contributed by atoms with E-state index < -0.39 is 17.9 Å². The molecule has 0 fully saturated rings. The number of carboxylic acids is 1. The molecule has 0 radical (unpaired) electrons. The highest BCUT2D eigenvalue weighted by Gasteiger charge is 2.21. The van der Waals surface area contributed by atoms with Gasteiger partial charge in [0.2, 0.25) is 0 Å². The number of rotatable bonds is 5. The van der Waals surface area contributed by atoms with Crippen LogP contribution in [0.5, 0.6) is 0 Å². The van der Waals surface area contributed by atoms with Crippen molar-refractivity contribution in [3.05, 3.63) is 23.5 Å². The van der Waals surface area contributed by atoms with Crippen LogP contribution in [-0.2, 0) is 16.6 Å². The molecular weight excluding hydrogens is 276 g/mol. The maximum Gasteiger partial charge on any atom is 0.328 e. The molecule has 1 amide bonds. The van der Waals surface area contributed by atoms with Gasteiger partial charge >= 0.3 is 5.97 Å². The van der Waals surface area contributed by atoms with Gasteiger partial charge in [0.25, 0.3) is 5.91 Å². The largest absolute Gasteiger partial charge is 0.480 e. The lowest BCUT2D eigenvalue weighted by Crippen LogP contribution is -2.43. The zero-order valence-electron chi connectivity index (χ0n) is 12.0. The van der Waals surface area contributed by atoms with Crippen molar-refractivity contribution in [2.24, 2.45) is 7.05 Å². The van der Waals surface area contributed by atoms with Gasteiger partial charge in [0.15, 0.2) is 11.7 Å². The summed E-state index contributed by atoms with van der Waals surface area (Å²) in [5.74, 6) is -1.67. The molecule has 0 bridgehead atoms. The van der Waals surface area contributed by atoms with Gasteiger partial charge < -0.3 is 15.2 Å². The lowest BCUT2D eigenvalue weighted by atomic mass is 10.2. The molecule has 21 heavy (non-hydrogen) atoms. The first kappa shape index (κ1) is 14.9. The first-order valence-electron chi connectivity index (χ1n) is 6.26. The number of amides is 1. The van der Waals surface area contributed by atoms with E-state index in [1.807, 2.05) is 6.92 Å². The Morgan fingerprint density at radius 3 is 2.86 bits per heavy atom. The van der Waals surface area contributed by atoms with E-state index in [4.69, 9.17) is 9.84 Å². The van der Waals surface area contributed by atoms with Crippen molar-refractivity contribution in [2.45, 2.75) is 13.0 Å². The fourth-order valence-electron chi connectivity index (χ4n) is 2.02. The Morgan fingerprint density at radius 2 is 2.24 bits per heavy atom. The van der Waals surface area contributed by atoms with Crippen molar-refractivity contribution in [1.29, 1.82) is 0 Å². The number of carbonyl (C=O) groups excluding carboxylic acids is 1. The van der Waals surface area contributed by atoms with E-state index in [2.05, 4.69) is 15.4 Å². The van der Waals surface area contributed by atoms with Crippen LogP contribution in [0.15, 0.2) is 12.3 Å². The Labute approximate surface area is 120 Å². The molecule has 0 spiro atoms.